The summed E-state index contributed by atoms with van der Waals surface area (Å²) in [6, 6.07) is 16.9. The van der Waals surface area contributed by atoms with Gasteiger partial charge in [-0.3, -0.25) is 0 Å². The molecule has 1 unspecified atom stereocenters. The van der Waals surface area contributed by atoms with Gasteiger partial charge in [0, 0.05) is 41.5 Å². The van der Waals surface area contributed by atoms with Crippen LogP contribution in [0.3, 0.4) is 0 Å². The van der Waals surface area contributed by atoms with E-state index in [9.17, 15) is 19.3 Å². The van der Waals surface area contributed by atoms with Crippen molar-refractivity contribution in [2.24, 2.45) is 5.18 Å². The number of carbonyl (C=O) groups is 3. The van der Waals surface area contributed by atoms with E-state index in [1.807, 2.05) is 52.0 Å². The maximum Gasteiger partial charge on any atom is 0.408 e. The number of benzene rings is 3. The van der Waals surface area contributed by atoms with E-state index in [1.54, 1.807) is 12.1 Å². The molecule has 1 amide bonds. The summed E-state index contributed by atoms with van der Waals surface area (Å²) >= 11 is 0. The molecule has 14 heteroatoms. The Bertz CT molecular complexity index is 2170. The molecule has 1 heterocycles. The highest BCUT2D eigenvalue weighted by molar-refractivity contribution is 5.82. The third kappa shape index (κ3) is 17.3. The quantitative estimate of drug-likeness (QED) is 0.0179. The van der Waals surface area contributed by atoms with Crippen molar-refractivity contribution >= 4 is 23.7 Å². The number of aromatic nitrogens is 3. The van der Waals surface area contributed by atoms with Crippen molar-refractivity contribution in [3.8, 4) is 39.9 Å². The fourth-order valence-electron chi connectivity index (χ4n) is 7.24. The summed E-state index contributed by atoms with van der Waals surface area (Å²) in [7, 11) is 0. The molecule has 4 aromatic rings. The summed E-state index contributed by atoms with van der Waals surface area (Å²) in [6.07, 6.45) is 13.2. The third-order valence-corrected chi connectivity index (χ3v) is 10.9. The lowest BCUT2D eigenvalue weighted by atomic mass is 10.0. The van der Waals surface area contributed by atoms with E-state index >= 15 is 0 Å². The van der Waals surface area contributed by atoms with Crippen LogP contribution in [0.1, 0.15) is 107 Å². The summed E-state index contributed by atoms with van der Waals surface area (Å²) in [6.45, 7) is 18.1. The molecule has 0 aliphatic heterocycles. The average molecular weight is 906 g/mol. The maximum absolute atomic E-state index is 13.4. The highest BCUT2D eigenvalue weighted by Gasteiger charge is 2.32. The summed E-state index contributed by atoms with van der Waals surface area (Å²) in [4.78, 5) is 64.3. The molecule has 0 bridgehead atoms. The number of alkyl carbamates (subject to hydrolysis) is 1. The molecule has 0 saturated carbocycles. The summed E-state index contributed by atoms with van der Waals surface area (Å²) in [5, 5.41) is 5.99. The van der Waals surface area contributed by atoms with Crippen LogP contribution in [0.25, 0.3) is 34.2 Å². The Kier molecular flexibility index (Phi) is 21.6. The van der Waals surface area contributed by atoms with Gasteiger partial charge in [-0.2, -0.15) is 0 Å². The SMILES string of the molecule is C=CC(=O)OCC(C)(COC(=O)C=C)NC(=O)OC(COCCCCCCCCCCCCC)COc1ccc(-c2nc(-c3ccc(C)cc3C)nc(-c3ccc(C)cc3C)n2)c(N=O)c1. The van der Waals surface area contributed by atoms with Crippen LogP contribution in [-0.2, 0) is 28.5 Å². The Morgan fingerprint density at radius 1 is 0.682 bits per heavy atom. The van der Waals surface area contributed by atoms with E-state index in [0.717, 1.165) is 64.8 Å². The van der Waals surface area contributed by atoms with Crippen LogP contribution < -0.4 is 10.1 Å². The van der Waals surface area contributed by atoms with Crippen LogP contribution in [0.4, 0.5) is 10.5 Å². The molecule has 0 radical (unpaired) electrons. The molecule has 3 aromatic carbocycles. The Hall–Kier alpha value is -6.28. The third-order valence-electron chi connectivity index (χ3n) is 10.9. The van der Waals surface area contributed by atoms with E-state index < -0.39 is 29.7 Å². The van der Waals surface area contributed by atoms with Gasteiger partial charge in [0.2, 0.25) is 0 Å². The highest BCUT2D eigenvalue weighted by Crippen LogP contribution is 2.35. The van der Waals surface area contributed by atoms with E-state index in [2.05, 4.69) is 42.7 Å². The van der Waals surface area contributed by atoms with Gasteiger partial charge >= 0.3 is 18.0 Å². The molecule has 0 saturated heterocycles. The molecule has 66 heavy (non-hydrogen) atoms. The predicted octanol–water partition coefficient (Wildman–Crippen LogP) is 11.5. The Labute approximate surface area is 389 Å². The molecular weight excluding hydrogens is 839 g/mol. The first-order valence-corrected chi connectivity index (χ1v) is 22.9. The minimum absolute atomic E-state index is 0.0110. The minimum atomic E-state index is -1.39. The first-order chi connectivity index (χ1) is 31.8. The summed E-state index contributed by atoms with van der Waals surface area (Å²) in [5.74, 6) is -0.0469. The first kappa shape index (κ1) is 52.3. The summed E-state index contributed by atoms with van der Waals surface area (Å²) < 4.78 is 28.3. The standard InChI is InChI=1S/C52H67N5O9/c1-9-12-13-14-15-16-17-18-19-20-21-28-62-32-41(66-51(60)56-52(8,34-64-46(58)10-2)35-65-47(59)11-3)33-63-40-24-27-44(45(31-40)57-61)50-54-48(42-25-22-36(4)29-38(42)6)53-49(55-50)43-26-23-37(5)30-39(43)7/h10-11,22-27,29-31,41H,2-3,9,12-21,28,32-35H2,1,4-8H3,(H,56,60). The van der Waals surface area contributed by atoms with Crippen molar-refractivity contribution in [2.45, 2.75) is 124 Å². The number of ether oxygens (including phenoxy) is 5. The molecular formula is C52H67N5O9. The van der Waals surface area contributed by atoms with Gasteiger partial charge in [-0.15, -0.1) is 4.91 Å². The Morgan fingerprint density at radius 2 is 1.17 bits per heavy atom. The van der Waals surface area contributed by atoms with Gasteiger partial charge in [-0.25, -0.2) is 29.3 Å². The summed E-state index contributed by atoms with van der Waals surface area (Å²) in [5.41, 5.74) is 4.84. The van der Waals surface area contributed by atoms with Crippen molar-refractivity contribution in [1.29, 1.82) is 0 Å². The fourth-order valence-corrected chi connectivity index (χ4v) is 7.24. The van der Waals surface area contributed by atoms with Crippen molar-refractivity contribution < 1.29 is 38.1 Å². The predicted molar refractivity (Wildman–Crippen MR) is 257 cm³/mol. The zero-order valence-corrected chi connectivity index (χ0v) is 39.6. The number of nitrogens with zero attached hydrogens (tertiary/aromatic N) is 4. The number of nitrogens with one attached hydrogen (secondary N) is 1. The highest BCUT2D eigenvalue weighted by atomic mass is 16.6. The molecule has 4 rings (SSSR count). The number of esters is 2. The second kappa shape index (κ2) is 27.3. The second-order valence-electron chi connectivity index (χ2n) is 17.0. The number of unbranched alkanes of at least 4 members (excludes halogenated alkanes) is 10. The van der Waals surface area contributed by atoms with E-state index in [-0.39, 0.29) is 43.7 Å². The number of carbonyl (C=O) groups excluding carboxylic acids is 3. The topological polar surface area (TPSA) is 177 Å². The van der Waals surface area contributed by atoms with Gasteiger partial charge in [0.05, 0.1) is 6.61 Å². The van der Waals surface area contributed by atoms with Crippen molar-refractivity contribution in [3.63, 3.8) is 0 Å². The fraction of sp³-hybridized carbons (Fsp3) is 0.462. The Morgan fingerprint density at radius 3 is 1.65 bits per heavy atom. The number of amides is 1. The molecule has 0 fully saturated rings. The molecule has 1 aromatic heterocycles. The molecule has 14 nitrogen and oxygen atoms in total. The van der Waals surface area contributed by atoms with Crippen LogP contribution in [0, 0.1) is 32.6 Å². The van der Waals surface area contributed by atoms with Crippen molar-refractivity contribution in [1.82, 2.24) is 20.3 Å². The molecule has 354 valence electrons. The van der Waals surface area contributed by atoms with E-state index in [1.165, 1.54) is 64.4 Å². The Balaban J connectivity index is 1.52. The molecule has 1 N–H and O–H groups in total. The van der Waals surface area contributed by atoms with Crippen LogP contribution in [0.15, 0.2) is 85.1 Å². The lowest BCUT2D eigenvalue weighted by Gasteiger charge is -2.30. The lowest BCUT2D eigenvalue weighted by molar-refractivity contribution is -0.144. The lowest BCUT2D eigenvalue weighted by Crippen LogP contribution is -2.54. The van der Waals surface area contributed by atoms with Gasteiger partial charge in [0.1, 0.15) is 36.8 Å². The normalized spacial score (nSPS) is 11.6. The van der Waals surface area contributed by atoms with Crippen molar-refractivity contribution in [2.75, 3.05) is 33.0 Å². The smallest absolute Gasteiger partial charge is 0.408 e. The van der Waals surface area contributed by atoms with Gasteiger partial charge < -0.3 is 29.0 Å². The van der Waals surface area contributed by atoms with Crippen LogP contribution >= 0.6 is 0 Å². The molecule has 0 aliphatic carbocycles. The number of nitroso groups, excluding NO2 is 1. The van der Waals surface area contributed by atoms with Crippen molar-refractivity contribution in [3.05, 3.63) is 107 Å². The maximum atomic E-state index is 13.4. The molecule has 0 aliphatic rings. The van der Waals surface area contributed by atoms with Gasteiger partial charge in [-0.1, -0.05) is 132 Å². The number of hydrogen-bond acceptors (Lipinski definition) is 13. The number of rotatable bonds is 29. The molecule has 0 spiro atoms. The monoisotopic (exact) mass is 905 g/mol. The minimum Gasteiger partial charge on any atom is -0.490 e. The average Bonchev–Trinajstić information content (AvgIpc) is 3.30. The number of aryl methyl sites for hydroxylation is 4. The van der Waals surface area contributed by atoms with Gasteiger partial charge in [-0.05, 0) is 69.5 Å². The van der Waals surface area contributed by atoms with Crippen LogP contribution in [0.5, 0.6) is 5.75 Å². The second-order valence-corrected chi connectivity index (χ2v) is 17.0. The molecule has 1 atom stereocenters. The van der Waals surface area contributed by atoms with Crippen LogP contribution in [0.2, 0.25) is 0 Å². The first-order valence-electron chi connectivity index (χ1n) is 22.9. The zero-order chi connectivity index (χ0) is 47.9. The van der Waals surface area contributed by atoms with Crippen LogP contribution in [-0.4, -0.2) is 77.7 Å². The van der Waals surface area contributed by atoms with E-state index in [0.29, 0.717) is 23.8 Å². The van der Waals surface area contributed by atoms with E-state index in [4.69, 9.17) is 38.6 Å². The van der Waals surface area contributed by atoms with Gasteiger partial charge in [0.25, 0.3) is 0 Å². The van der Waals surface area contributed by atoms with Gasteiger partial charge in [0.15, 0.2) is 23.6 Å². The largest absolute Gasteiger partial charge is 0.490 e. The number of hydrogen-bond donors (Lipinski definition) is 1. The zero-order valence-electron chi connectivity index (χ0n) is 39.6.